The molecule has 0 saturated carbocycles. The predicted molar refractivity (Wildman–Crippen MR) is 29.8 cm³/mol. The molecule has 1 heterocycles. The van der Waals surface area contributed by atoms with Crippen LogP contribution in [0.1, 0.15) is 0 Å². The molecule has 1 rings (SSSR count). The second kappa shape index (κ2) is 3.16. The Kier molecular flexibility index (Phi) is 2.77. The molecule has 0 spiro atoms. The second-order valence-electron chi connectivity index (χ2n) is 0.914. The fourth-order valence-corrected chi connectivity index (χ4v) is 7.59. The molecule has 0 atom stereocenters. The van der Waals surface area contributed by atoms with E-state index in [0.717, 1.165) is 0 Å². The third-order valence-corrected chi connectivity index (χ3v) is 10.3. The van der Waals surface area contributed by atoms with Gasteiger partial charge >= 0.3 is 53.9 Å². The number of rotatable bonds is 0. The van der Waals surface area contributed by atoms with Crippen molar-refractivity contribution in [1.82, 2.24) is 0 Å². The number of hydrogen-bond acceptors (Lipinski definition) is 0. The molecule has 0 aliphatic carbocycles. The Bertz CT molecular complexity index is 74.9. The molecule has 0 unspecified atom stereocenters. The summed E-state index contributed by atoms with van der Waals surface area (Å²) in [6.45, 7) is 0. The van der Waals surface area contributed by atoms with E-state index in [0.29, 0.717) is 33.7 Å². The molecule has 1 aliphatic rings. The minimum atomic E-state index is 0.312. The van der Waals surface area contributed by atoms with Crippen molar-refractivity contribution in [3.8, 4) is 0 Å². The van der Waals surface area contributed by atoms with Crippen molar-refractivity contribution in [2.45, 2.75) is 0 Å². The second-order valence-corrected chi connectivity index (χ2v) is 12.8. The van der Waals surface area contributed by atoms with E-state index in [1.165, 1.54) is 0 Å². The first-order valence-electron chi connectivity index (χ1n) is 1.72. The summed E-state index contributed by atoms with van der Waals surface area (Å²) in [6, 6.07) is 0. The summed E-state index contributed by atoms with van der Waals surface area (Å²) in [5.41, 5.74) is 0. The molecule has 6 heavy (non-hydrogen) atoms. The molecule has 0 bridgehead atoms. The van der Waals surface area contributed by atoms with Gasteiger partial charge in [-0.05, 0) is 0 Å². The van der Waals surface area contributed by atoms with Gasteiger partial charge in [0, 0.05) is 0 Å². The molecule has 0 fully saturated rings. The van der Waals surface area contributed by atoms with Crippen molar-refractivity contribution in [2.24, 2.45) is 0 Å². The molecule has 0 nitrogen and oxygen atoms in total. The Labute approximate surface area is 53.3 Å². The fraction of sp³-hybridized carbons (Fsp3) is 0. The molecule has 1 aliphatic heterocycles. The summed E-state index contributed by atoms with van der Waals surface area (Å²) in [7, 11) is 0. The molecule has 30 valence electrons. The van der Waals surface area contributed by atoms with Crippen LogP contribution in [-0.4, -0.2) is 33.7 Å². The van der Waals surface area contributed by atoms with Gasteiger partial charge in [-0.3, -0.25) is 0 Å². The van der Waals surface area contributed by atoms with Gasteiger partial charge in [0.05, 0.1) is 0 Å². The summed E-state index contributed by atoms with van der Waals surface area (Å²) >= 11 is 0.624. The van der Waals surface area contributed by atoms with Gasteiger partial charge in [-0.25, -0.2) is 0 Å². The minimum absolute atomic E-state index is 0.312. The molecule has 0 saturated heterocycles. The average molecular weight is 296 g/mol. The van der Waals surface area contributed by atoms with Crippen LogP contribution >= 0.6 is 0 Å². The van der Waals surface area contributed by atoms with Gasteiger partial charge < -0.3 is 0 Å². The molecular weight excluding hydrogens is 292 g/mol. The summed E-state index contributed by atoms with van der Waals surface area (Å²) in [5.74, 6) is 0. The monoisotopic (exact) mass is 294 g/mol. The zero-order valence-electron chi connectivity index (χ0n) is 3.20. The van der Waals surface area contributed by atoms with Crippen LogP contribution in [0.3, 0.4) is 0 Å². The summed E-state index contributed by atoms with van der Waals surface area (Å²) in [4.78, 5) is 0. The van der Waals surface area contributed by atoms with Gasteiger partial charge in [0.2, 0.25) is 0 Å². The maximum absolute atomic E-state index is 2.40. The topological polar surface area (TPSA) is 0 Å². The zero-order chi connectivity index (χ0) is 4.24. The first-order valence-corrected chi connectivity index (χ1v) is 13.5. The van der Waals surface area contributed by atoms with E-state index in [2.05, 4.69) is 20.2 Å². The van der Waals surface area contributed by atoms with Crippen LogP contribution in [0.4, 0.5) is 0 Å². The summed E-state index contributed by atoms with van der Waals surface area (Å²) in [5, 5.41) is 0. The van der Waals surface area contributed by atoms with E-state index >= 15 is 0 Å². The third kappa shape index (κ3) is 1.71. The third-order valence-electron chi connectivity index (χ3n) is 0.483. The summed E-state index contributed by atoms with van der Waals surface area (Å²) in [6.07, 6.45) is 4.38. The van der Waals surface area contributed by atoms with E-state index in [-0.39, 0.29) is 0 Å². The maximum atomic E-state index is 2.40. The van der Waals surface area contributed by atoms with Crippen LogP contribution in [0.25, 0.3) is 0 Å². The van der Waals surface area contributed by atoms with Crippen molar-refractivity contribution in [2.75, 3.05) is 0 Å². The molecule has 0 aromatic heterocycles. The van der Waals surface area contributed by atoms with E-state index in [9.17, 15) is 0 Å². The average Bonchev–Trinajstić information content (AvgIpc) is 1.72. The Hall–Kier alpha value is 1.12. The summed E-state index contributed by atoms with van der Waals surface area (Å²) < 4.78 is 4.79. The van der Waals surface area contributed by atoms with Gasteiger partial charge in [0.15, 0.2) is 0 Å². The molecule has 2 heteroatoms. The first kappa shape index (κ1) is 5.26. The van der Waals surface area contributed by atoms with Crippen molar-refractivity contribution < 1.29 is 0 Å². The van der Waals surface area contributed by atoms with E-state index < -0.39 is 0 Å². The standard InChI is InChI=1S/C4H4.2Sb/c1-3-4-2;;/h1-4H;;. The quantitative estimate of drug-likeness (QED) is 0.566. The Morgan fingerprint density at radius 1 is 0.833 bits per heavy atom. The Morgan fingerprint density at radius 3 is 1.50 bits per heavy atom. The van der Waals surface area contributed by atoms with E-state index in [4.69, 9.17) is 0 Å². The first-order chi connectivity index (χ1) is 3.00. The van der Waals surface area contributed by atoms with Gasteiger partial charge in [-0.2, -0.15) is 0 Å². The van der Waals surface area contributed by atoms with Crippen LogP contribution in [-0.2, 0) is 0 Å². The van der Waals surface area contributed by atoms with Crippen LogP contribution in [0.15, 0.2) is 20.2 Å². The SMILES string of the molecule is C1=[CH][Sb]=[Sb][CH]=C1. The van der Waals surface area contributed by atoms with Gasteiger partial charge in [-0.1, -0.05) is 0 Å². The molecule has 0 amide bonds. The normalized spacial score (nSPS) is 16.0. The molecule has 0 radical (unpaired) electrons. The fourth-order valence-electron chi connectivity index (χ4n) is 0.253. The van der Waals surface area contributed by atoms with Gasteiger partial charge in [-0.15, -0.1) is 0 Å². The van der Waals surface area contributed by atoms with Gasteiger partial charge in [0.25, 0.3) is 0 Å². The van der Waals surface area contributed by atoms with Crippen molar-refractivity contribution in [3.05, 3.63) is 20.2 Å². The van der Waals surface area contributed by atoms with Crippen LogP contribution in [0.2, 0.25) is 0 Å². The van der Waals surface area contributed by atoms with Crippen molar-refractivity contribution >= 4 is 33.7 Å². The molecule has 0 aromatic carbocycles. The van der Waals surface area contributed by atoms with Crippen LogP contribution in [0, 0.1) is 0 Å². The van der Waals surface area contributed by atoms with Crippen molar-refractivity contribution in [1.29, 1.82) is 0 Å². The van der Waals surface area contributed by atoms with Crippen LogP contribution in [0.5, 0.6) is 0 Å². The van der Waals surface area contributed by atoms with Crippen LogP contribution < -0.4 is 0 Å². The zero-order valence-corrected chi connectivity index (χ0v) is 8.31. The Balaban J connectivity index is 2.77. The predicted octanol–water partition coefficient (Wildman–Crippen LogP) is 0.351. The number of allylic oxidation sites excluding steroid dienone is 2. The Morgan fingerprint density at radius 2 is 1.33 bits per heavy atom. The molecular formula is C4H4Sb2. The van der Waals surface area contributed by atoms with E-state index in [1.807, 2.05) is 0 Å². The molecule has 0 N–H and O–H groups in total. The number of hydrogen-bond donors (Lipinski definition) is 0. The van der Waals surface area contributed by atoms with Gasteiger partial charge in [0.1, 0.15) is 0 Å². The molecule has 0 aromatic rings. The van der Waals surface area contributed by atoms with E-state index in [1.54, 1.807) is 0 Å². The van der Waals surface area contributed by atoms with Crippen molar-refractivity contribution in [3.63, 3.8) is 0 Å².